The standard InChI is InChI=1S/C24H22N2O3/c1-16-7-4-5-9-20(16)23-14-17-13-19(28-2)11-12-22(17)26(23)15-18-8-6-10-21(25-18)24(27)29-3/h4-14H,15H2,1-3H3. The number of hydrogen-bond donors (Lipinski definition) is 0. The van der Waals surface area contributed by atoms with Gasteiger partial charge in [-0.05, 0) is 48.9 Å². The Bertz CT molecular complexity index is 1190. The van der Waals surface area contributed by atoms with Gasteiger partial charge in [-0.3, -0.25) is 0 Å². The topological polar surface area (TPSA) is 53.4 Å². The summed E-state index contributed by atoms with van der Waals surface area (Å²) in [6.45, 7) is 2.64. The van der Waals surface area contributed by atoms with E-state index in [1.165, 1.54) is 12.7 Å². The molecule has 29 heavy (non-hydrogen) atoms. The molecule has 0 atom stereocenters. The quantitative estimate of drug-likeness (QED) is 0.460. The first-order chi connectivity index (χ1) is 14.1. The Kier molecular flexibility index (Phi) is 5.04. The van der Waals surface area contributed by atoms with Crippen LogP contribution in [-0.4, -0.2) is 29.7 Å². The van der Waals surface area contributed by atoms with Crippen molar-refractivity contribution >= 4 is 16.9 Å². The Morgan fingerprint density at radius 2 is 1.83 bits per heavy atom. The van der Waals surface area contributed by atoms with E-state index in [0.717, 1.165) is 33.6 Å². The van der Waals surface area contributed by atoms with E-state index >= 15 is 0 Å². The Balaban J connectivity index is 1.87. The highest BCUT2D eigenvalue weighted by molar-refractivity contribution is 5.89. The maximum Gasteiger partial charge on any atom is 0.356 e. The average Bonchev–Trinajstić information content (AvgIpc) is 3.10. The average molecular weight is 386 g/mol. The van der Waals surface area contributed by atoms with Crippen LogP contribution < -0.4 is 4.74 Å². The van der Waals surface area contributed by atoms with Crippen LogP contribution in [0.25, 0.3) is 22.2 Å². The number of methoxy groups -OCH3 is 2. The fraction of sp³-hybridized carbons (Fsp3) is 0.167. The number of ether oxygens (including phenoxy) is 2. The fourth-order valence-corrected chi connectivity index (χ4v) is 3.58. The minimum absolute atomic E-state index is 0.306. The number of aryl methyl sites for hydroxylation is 1. The second kappa shape index (κ2) is 7.80. The first kappa shape index (κ1) is 18.7. The molecule has 4 rings (SSSR count). The van der Waals surface area contributed by atoms with Crippen LogP contribution >= 0.6 is 0 Å². The Morgan fingerprint density at radius 1 is 1.00 bits per heavy atom. The zero-order valence-electron chi connectivity index (χ0n) is 16.7. The molecule has 0 saturated heterocycles. The monoisotopic (exact) mass is 386 g/mol. The lowest BCUT2D eigenvalue weighted by Gasteiger charge is -2.13. The molecule has 0 aliphatic heterocycles. The molecule has 146 valence electrons. The Morgan fingerprint density at radius 3 is 2.59 bits per heavy atom. The van der Waals surface area contributed by atoms with Gasteiger partial charge in [-0.15, -0.1) is 0 Å². The highest BCUT2D eigenvalue weighted by Gasteiger charge is 2.15. The van der Waals surface area contributed by atoms with Gasteiger partial charge in [0.25, 0.3) is 0 Å². The van der Waals surface area contributed by atoms with Crippen LogP contribution in [0, 0.1) is 6.92 Å². The first-order valence-electron chi connectivity index (χ1n) is 9.38. The summed E-state index contributed by atoms with van der Waals surface area (Å²) >= 11 is 0. The van der Waals surface area contributed by atoms with Crippen molar-refractivity contribution in [2.45, 2.75) is 13.5 Å². The molecule has 0 spiro atoms. The summed E-state index contributed by atoms with van der Waals surface area (Å²) in [5.74, 6) is 0.380. The molecular weight excluding hydrogens is 364 g/mol. The Hall–Kier alpha value is -3.60. The molecule has 0 aliphatic rings. The van der Waals surface area contributed by atoms with Crippen LogP contribution in [0.5, 0.6) is 5.75 Å². The molecular formula is C24H22N2O3. The molecule has 4 aromatic rings. The molecule has 0 unspecified atom stereocenters. The van der Waals surface area contributed by atoms with Gasteiger partial charge in [0.05, 0.1) is 26.5 Å². The van der Waals surface area contributed by atoms with E-state index in [2.05, 4.69) is 40.7 Å². The van der Waals surface area contributed by atoms with Gasteiger partial charge in [0.15, 0.2) is 0 Å². The van der Waals surface area contributed by atoms with E-state index in [1.54, 1.807) is 13.2 Å². The van der Waals surface area contributed by atoms with Gasteiger partial charge in [-0.2, -0.15) is 0 Å². The fourth-order valence-electron chi connectivity index (χ4n) is 3.58. The summed E-state index contributed by atoms with van der Waals surface area (Å²) in [6.07, 6.45) is 0. The number of carbonyl (C=O) groups excluding carboxylic acids is 1. The van der Waals surface area contributed by atoms with Crippen molar-refractivity contribution in [3.8, 4) is 17.0 Å². The van der Waals surface area contributed by atoms with Crippen LogP contribution in [0.3, 0.4) is 0 Å². The number of rotatable bonds is 5. The molecule has 0 N–H and O–H groups in total. The molecule has 2 aromatic heterocycles. The number of benzene rings is 2. The zero-order valence-corrected chi connectivity index (χ0v) is 16.7. The molecule has 0 bridgehead atoms. The van der Waals surface area contributed by atoms with Crippen LogP contribution in [0.15, 0.2) is 66.7 Å². The third-order valence-corrected chi connectivity index (χ3v) is 5.05. The molecule has 0 aliphatic carbocycles. The number of fused-ring (bicyclic) bond motifs is 1. The lowest BCUT2D eigenvalue weighted by Crippen LogP contribution is -2.09. The predicted molar refractivity (Wildman–Crippen MR) is 113 cm³/mol. The third-order valence-electron chi connectivity index (χ3n) is 5.05. The number of carbonyl (C=O) groups is 1. The summed E-state index contributed by atoms with van der Waals surface area (Å²) in [7, 11) is 3.03. The van der Waals surface area contributed by atoms with E-state index in [9.17, 15) is 4.79 Å². The SMILES string of the molecule is COC(=O)c1cccc(Cn2c(-c3ccccc3C)cc3cc(OC)ccc32)n1. The smallest absolute Gasteiger partial charge is 0.356 e. The maximum absolute atomic E-state index is 11.9. The normalized spacial score (nSPS) is 10.9. The van der Waals surface area contributed by atoms with E-state index in [-0.39, 0.29) is 0 Å². The molecule has 0 amide bonds. The molecule has 2 heterocycles. The van der Waals surface area contributed by atoms with E-state index < -0.39 is 5.97 Å². The first-order valence-corrected chi connectivity index (χ1v) is 9.38. The van der Waals surface area contributed by atoms with Gasteiger partial charge in [0, 0.05) is 22.2 Å². The number of esters is 1. The summed E-state index contributed by atoms with van der Waals surface area (Å²) in [5.41, 5.74) is 5.62. The lowest BCUT2D eigenvalue weighted by atomic mass is 10.1. The van der Waals surface area contributed by atoms with Crippen molar-refractivity contribution in [2.75, 3.05) is 14.2 Å². The van der Waals surface area contributed by atoms with Gasteiger partial charge >= 0.3 is 5.97 Å². The lowest BCUT2D eigenvalue weighted by molar-refractivity contribution is 0.0593. The van der Waals surface area contributed by atoms with Crippen LogP contribution in [0.1, 0.15) is 21.7 Å². The van der Waals surface area contributed by atoms with Crippen LogP contribution in [0.4, 0.5) is 0 Å². The van der Waals surface area contributed by atoms with E-state index in [4.69, 9.17) is 9.47 Å². The number of nitrogens with zero attached hydrogens (tertiary/aromatic N) is 2. The van der Waals surface area contributed by atoms with Crippen molar-refractivity contribution in [3.05, 3.63) is 83.7 Å². The minimum atomic E-state index is -0.437. The predicted octanol–water partition coefficient (Wildman–Crippen LogP) is 4.86. The largest absolute Gasteiger partial charge is 0.497 e. The molecule has 0 fully saturated rings. The van der Waals surface area contributed by atoms with Crippen molar-refractivity contribution in [1.82, 2.24) is 9.55 Å². The second-order valence-electron chi connectivity index (χ2n) is 6.86. The van der Waals surface area contributed by atoms with Crippen molar-refractivity contribution in [3.63, 3.8) is 0 Å². The summed E-state index contributed by atoms with van der Waals surface area (Å²) < 4.78 is 12.4. The van der Waals surface area contributed by atoms with Gasteiger partial charge in [0.1, 0.15) is 11.4 Å². The van der Waals surface area contributed by atoms with Crippen molar-refractivity contribution < 1.29 is 14.3 Å². The van der Waals surface area contributed by atoms with Crippen molar-refractivity contribution in [1.29, 1.82) is 0 Å². The second-order valence-corrected chi connectivity index (χ2v) is 6.86. The number of hydrogen-bond acceptors (Lipinski definition) is 4. The third kappa shape index (κ3) is 3.59. The van der Waals surface area contributed by atoms with Gasteiger partial charge in [-0.25, -0.2) is 9.78 Å². The van der Waals surface area contributed by atoms with E-state index in [1.807, 2.05) is 36.4 Å². The van der Waals surface area contributed by atoms with E-state index in [0.29, 0.717) is 12.2 Å². The number of aromatic nitrogens is 2. The molecule has 5 heteroatoms. The summed E-state index contributed by atoms with van der Waals surface area (Å²) in [4.78, 5) is 16.4. The summed E-state index contributed by atoms with van der Waals surface area (Å²) in [5, 5.41) is 1.09. The highest BCUT2D eigenvalue weighted by atomic mass is 16.5. The summed E-state index contributed by atoms with van der Waals surface area (Å²) in [6, 6.07) is 21.9. The molecule has 0 saturated carbocycles. The highest BCUT2D eigenvalue weighted by Crippen LogP contribution is 2.32. The molecule has 5 nitrogen and oxygen atoms in total. The molecule has 0 radical (unpaired) electrons. The van der Waals surface area contributed by atoms with Gasteiger partial charge < -0.3 is 14.0 Å². The zero-order chi connectivity index (χ0) is 20.4. The van der Waals surface area contributed by atoms with Crippen LogP contribution in [0.2, 0.25) is 0 Å². The van der Waals surface area contributed by atoms with Crippen molar-refractivity contribution in [2.24, 2.45) is 0 Å². The Labute approximate surface area is 169 Å². The molecule has 2 aromatic carbocycles. The van der Waals surface area contributed by atoms with Gasteiger partial charge in [0.2, 0.25) is 0 Å². The maximum atomic E-state index is 11.9. The number of pyridine rings is 1. The van der Waals surface area contributed by atoms with Crippen LogP contribution in [-0.2, 0) is 11.3 Å². The minimum Gasteiger partial charge on any atom is -0.497 e. The van der Waals surface area contributed by atoms with Gasteiger partial charge in [-0.1, -0.05) is 30.3 Å².